The average molecular weight is 270 g/mol. The summed E-state index contributed by atoms with van der Waals surface area (Å²) in [4.78, 5) is 13.7. The van der Waals surface area contributed by atoms with Crippen molar-refractivity contribution in [2.45, 2.75) is 40.5 Å². The zero-order valence-electron chi connectivity index (χ0n) is 12.7. The smallest absolute Gasteiger partial charge is 0.178 e. The van der Waals surface area contributed by atoms with Crippen molar-refractivity contribution in [1.29, 1.82) is 0 Å². The lowest BCUT2D eigenvalue weighted by molar-refractivity contribution is 0.805. The molecule has 0 fully saturated rings. The normalized spacial score (nSPS) is 10.8. The van der Waals surface area contributed by atoms with Gasteiger partial charge in [0.25, 0.3) is 0 Å². The summed E-state index contributed by atoms with van der Waals surface area (Å²) in [7, 11) is 0. The van der Waals surface area contributed by atoms with Gasteiger partial charge in [0, 0.05) is 17.6 Å². The maximum absolute atomic E-state index is 5.58. The molecule has 2 aromatic heterocycles. The van der Waals surface area contributed by atoms with Gasteiger partial charge >= 0.3 is 0 Å². The van der Waals surface area contributed by atoms with Crippen molar-refractivity contribution in [3.63, 3.8) is 0 Å². The number of aryl methyl sites for hydroxylation is 4. The molecule has 20 heavy (non-hydrogen) atoms. The maximum Gasteiger partial charge on any atom is 0.178 e. The molecular formula is C16H22N4. The minimum Gasteiger partial charge on any atom is -0.330 e. The Labute approximate surface area is 120 Å². The van der Waals surface area contributed by atoms with E-state index in [0.717, 1.165) is 41.1 Å². The van der Waals surface area contributed by atoms with Crippen LogP contribution in [0.1, 0.15) is 34.5 Å². The zero-order valence-corrected chi connectivity index (χ0v) is 12.7. The third-order valence-electron chi connectivity index (χ3n) is 3.48. The number of aromatic nitrogens is 3. The zero-order chi connectivity index (χ0) is 14.7. The van der Waals surface area contributed by atoms with Crippen molar-refractivity contribution in [2.75, 3.05) is 6.54 Å². The first-order valence-electron chi connectivity index (χ1n) is 7.00. The number of rotatable bonds is 4. The van der Waals surface area contributed by atoms with Crippen molar-refractivity contribution >= 4 is 0 Å². The number of nitrogens with two attached hydrogens (primary N) is 1. The van der Waals surface area contributed by atoms with Crippen LogP contribution < -0.4 is 5.73 Å². The Morgan fingerprint density at radius 2 is 1.70 bits per heavy atom. The van der Waals surface area contributed by atoms with E-state index in [-0.39, 0.29) is 0 Å². The van der Waals surface area contributed by atoms with Crippen molar-refractivity contribution in [1.82, 2.24) is 15.0 Å². The molecule has 0 aromatic carbocycles. The number of pyridine rings is 1. The molecule has 2 aromatic rings. The van der Waals surface area contributed by atoms with Crippen molar-refractivity contribution in [3.8, 4) is 11.5 Å². The van der Waals surface area contributed by atoms with E-state index in [0.29, 0.717) is 12.4 Å². The van der Waals surface area contributed by atoms with Crippen molar-refractivity contribution < 1.29 is 0 Å². The van der Waals surface area contributed by atoms with Gasteiger partial charge in [-0.25, -0.2) is 9.97 Å². The lowest BCUT2D eigenvalue weighted by Gasteiger charge is -2.11. The molecule has 2 heterocycles. The second kappa shape index (κ2) is 6.09. The van der Waals surface area contributed by atoms with Crippen LogP contribution >= 0.6 is 0 Å². The van der Waals surface area contributed by atoms with E-state index < -0.39 is 0 Å². The molecule has 0 radical (unpaired) electrons. The highest BCUT2D eigenvalue weighted by Crippen LogP contribution is 2.21. The molecule has 106 valence electrons. The van der Waals surface area contributed by atoms with Crippen LogP contribution in [-0.2, 0) is 6.42 Å². The van der Waals surface area contributed by atoms with E-state index in [1.54, 1.807) is 0 Å². The maximum atomic E-state index is 5.58. The predicted octanol–water partition coefficient (Wildman–Crippen LogP) is 2.66. The van der Waals surface area contributed by atoms with Gasteiger partial charge in [-0.3, -0.25) is 4.98 Å². The summed E-state index contributed by atoms with van der Waals surface area (Å²) in [5.74, 6) is 0.717. The molecule has 0 saturated heterocycles. The van der Waals surface area contributed by atoms with Crippen LogP contribution in [0.2, 0.25) is 0 Å². The van der Waals surface area contributed by atoms with E-state index in [1.807, 2.05) is 33.9 Å². The second-order valence-electron chi connectivity index (χ2n) is 5.27. The molecule has 0 saturated carbocycles. The minimum atomic E-state index is 0.694. The molecule has 0 aliphatic rings. The Morgan fingerprint density at radius 1 is 1.05 bits per heavy atom. The number of hydrogen-bond acceptors (Lipinski definition) is 4. The van der Waals surface area contributed by atoms with Gasteiger partial charge in [-0.1, -0.05) is 6.07 Å². The number of nitrogens with zero attached hydrogens (tertiary/aromatic N) is 3. The Hall–Kier alpha value is -1.81. The Kier molecular flexibility index (Phi) is 4.45. The van der Waals surface area contributed by atoms with E-state index in [4.69, 9.17) is 5.73 Å². The average Bonchev–Trinajstić information content (AvgIpc) is 2.37. The van der Waals surface area contributed by atoms with Crippen LogP contribution in [0.5, 0.6) is 0 Å². The van der Waals surface area contributed by atoms with Crippen LogP contribution in [0, 0.1) is 27.7 Å². The molecular weight excluding hydrogens is 248 g/mol. The van der Waals surface area contributed by atoms with E-state index in [2.05, 4.69) is 21.0 Å². The fourth-order valence-corrected chi connectivity index (χ4v) is 2.44. The SMILES string of the molecule is Cc1cnc(-c2nc(C)c(CCCN)c(C)n2)c(C)c1. The highest BCUT2D eigenvalue weighted by molar-refractivity contribution is 5.55. The lowest BCUT2D eigenvalue weighted by Crippen LogP contribution is -2.07. The van der Waals surface area contributed by atoms with Gasteiger partial charge < -0.3 is 5.73 Å². The summed E-state index contributed by atoms with van der Waals surface area (Å²) in [6.07, 6.45) is 3.76. The summed E-state index contributed by atoms with van der Waals surface area (Å²) < 4.78 is 0. The standard InChI is InChI=1S/C16H22N4/c1-10-8-11(2)15(18-9-10)16-19-12(3)14(6-5-7-17)13(4)20-16/h8-9H,5-7,17H2,1-4H3. The minimum absolute atomic E-state index is 0.694. The van der Waals surface area contributed by atoms with E-state index in [9.17, 15) is 0 Å². The summed E-state index contributed by atoms with van der Waals surface area (Å²) in [5, 5.41) is 0. The van der Waals surface area contributed by atoms with E-state index in [1.165, 1.54) is 5.56 Å². The molecule has 0 unspecified atom stereocenters. The van der Waals surface area contributed by atoms with E-state index >= 15 is 0 Å². The molecule has 0 bridgehead atoms. The third kappa shape index (κ3) is 3.02. The molecule has 0 atom stereocenters. The molecule has 4 heteroatoms. The lowest BCUT2D eigenvalue weighted by atomic mass is 10.1. The summed E-state index contributed by atoms with van der Waals surface area (Å²) >= 11 is 0. The first-order chi connectivity index (χ1) is 9.52. The largest absolute Gasteiger partial charge is 0.330 e. The molecule has 0 amide bonds. The highest BCUT2D eigenvalue weighted by Gasteiger charge is 2.12. The molecule has 0 aliphatic carbocycles. The summed E-state index contributed by atoms with van der Waals surface area (Å²) in [5.41, 5.74) is 12.0. The first kappa shape index (κ1) is 14.6. The predicted molar refractivity (Wildman–Crippen MR) is 81.6 cm³/mol. The van der Waals surface area contributed by atoms with Gasteiger partial charge in [-0.15, -0.1) is 0 Å². The van der Waals surface area contributed by atoms with Gasteiger partial charge in [0.05, 0.1) is 0 Å². The molecule has 0 aliphatic heterocycles. The van der Waals surface area contributed by atoms with Gasteiger partial charge in [0.1, 0.15) is 5.69 Å². The van der Waals surface area contributed by atoms with Gasteiger partial charge in [-0.05, 0) is 63.8 Å². The Balaban J connectivity index is 2.44. The van der Waals surface area contributed by atoms with Gasteiger partial charge in [0.15, 0.2) is 5.82 Å². The van der Waals surface area contributed by atoms with Crippen molar-refractivity contribution in [3.05, 3.63) is 40.3 Å². The van der Waals surface area contributed by atoms with Crippen LogP contribution in [0.4, 0.5) is 0 Å². The second-order valence-corrected chi connectivity index (χ2v) is 5.27. The van der Waals surface area contributed by atoms with Crippen LogP contribution in [-0.4, -0.2) is 21.5 Å². The van der Waals surface area contributed by atoms with Crippen LogP contribution in [0.3, 0.4) is 0 Å². The Bertz CT molecular complexity index is 597. The topological polar surface area (TPSA) is 64.7 Å². The Morgan fingerprint density at radius 3 is 2.25 bits per heavy atom. The summed E-state index contributed by atoms with van der Waals surface area (Å²) in [6.45, 7) is 8.85. The quantitative estimate of drug-likeness (QED) is 0.927. The molecule has 4 nitrogen and oxygen atoms in total. The van der Waals surface area contributed by atoms with Crippen molar-refractivity contribution in [2.24, 2.45) is 5.73 Å². The van der Waals surface area contributed by atoms with Crippen LogP contribution in [0.15, 0.2) is 12.3 Å². The molecule has 0 spiro atoms. The van der Waals surface area contributed by atoms with Crippen LogP contribution in [0.25, 0.3) is 11.5 Å². The molecule has 2 rings (SSSR count). The highest BCUT2D eigenvalue weighted by atomic mass is 14.9. The monoisotopic (exact) mass is 270 g/mol. The fraction of sp³-hybridized carbons (Fsp3) is 0.438. The van der Waals surface area contributed by atoms with Gasteiger partial charge in [-0.2, -0.15) is 0 Å². The summed E-state index contributed by atoms with van der Waals surface area (Å²) in [6, 6.07) is 2.11. The third-order valence-corrected chi connectivity index (χ3v) is 3.48. The number of hydrogen-bond donors (Lipinski definition) is 1. The molecule has 2 N–H and O–H groups in total. The first-order valence-corrected chi connectivity index (χ1v) is 7.00. The fourth-order valence-electron chi connectivity index (χ4n) is 2.44. The van der Waals surface area contributed by atoms with Gasteiger partial charge in [0.2, 0.25) is 0 Å².